The van der Waals surface area contributed by atoms with Gasteiger partial charge in [-0.1, -0.05) is 12.2 Å². The van der Waals surface area contributed by atoms with E-state index in [1.807, 2.05) is 0 Å². The maximum absolute atomic E-state index is 11.8. The molecule has 16 heavy (non-hydrogen) atoms. The minimum atomic E-state index is -0.538. The maximum atomic E-state index is 11.8. The summed E-state index contributed by atoms with van der Waals surface area (Å²) in [4.78, 5) is 25.4. The fourth-order valence-corrected chi connectivity index (χ4v) is 1.90. The molecule has 0 spiro atoms. The zero-order valence-electron chi connectivity index (χ0n) is 10.1. The summed E-state index contributed by atoms with van der Waals surface area (Å²) in [5.74, 6) is -0.516. The number of ether oxygens (including phenoxy) is 1. The first kappa shape index (κ1) is 13.1. The molecule has 0 radical (unpaired) electrons. The number of esters is 1. The maximum Gasteiger partial charge on any atom is 0.329 e. The first-order valence-corrected chi connectivity index (χ1v) is 5.63. The highest BCUT2D eigenvalue weighted by Crippen LogP contribution is 2.20. The number of hydrogen-bond donors (Lipinski definition) is 0. The van der Waals surface area contributed by atoms with E-state index in [1.54, 1.807) is 20.8 Å². The van der Waals surface area contributed by atoms with Gasteiger partial charge in [-0.05, 0) is 20.8 Å². The Morgan fingerprint density at radius 3 is 2.44 bits per heavy atom. The quantitative estimate of drug-likeness (QED) is 0.515. The van der Waals surface area contributed by atoms with Gasteiger partial charge in [0.05, 0.1) is 6.54 Å². The van der Waals surface area contributed by atoms with Gasteiger partial charge in [-0.2, -0.15) is 0 Å². The van der Waals surface area contributed by atoms with Gasteiger partial charge in [-0.25, -0.2) is 4.79 Å². The van der Waals surface area contributed by atoms with Gasteiger partial charge in [0.15, 0.2) is 0 Å². The third-order valence-electron chi connectivity index (χ3n) is 2.23. The SMILES string of the molecule is CC(=O)N1CC(=S)C[C@H]1C(=O)OC(C)(C)C. The molecule has 0 aromatic carbocycles. The van der Waals surface area contributed by atoms with Crippen molar-refractivity contribution in [2.75, 3.05) is 6.54 Å². The van der Waals surface area contributed by atoms with Gasteiger partial charge in [0.2, 0.25) is 5.91 Å². The Morgan fingerprint density at radius 2 is 2.00 bits per heavy atom. The summed E-state index contributed by atoms with van der Waals surface area (Å²) < 4.78 is 5.26. The zero-order chi connectivity index (χ0) is 12.5. The van der Waals surface area contributed by atoms with Gasteiger partial charge in [0, 0.05) is 18.2 Å². The summed E-state index contributed by atoms with van der Waals surface area (Å²) in [5, 5.41) is 0. The molecule has 1 saturated heterocycles. The van der Waals surface area contributed by atoms with E-state index < -0.39 is 11.6 Å². The van der Waals surface area contributed by atoms with E-state index in [0.29, 0.717) is 13.0 Å². The Morgan fingerprint density at radius 1 is 1.44 bits per heavy atom. The van der Waals surface area contributed by atoms with E-state index in [2.05, 4.69) is 0 Å². The lowest BCUT2D eigenvalue weighted by Gasteiger charge is -2.26. The van der Waals surface area contributed by atoms with Crippen molar-refractivity contribution >= 4 is 29.0 Å². The highest BCUT2D eigenvalue weighted by molar-refractivity contribution is 7.80. The van der Waals surface area contributed by atoms with Gasteiger partial charge >= 0.3 is 5.97 Å². The van der Waals surface area contributed by atoms with E-state index in [1.165, 1.54) is 11.8 Å². The Kier molecular flexibility index (Phi) is 3.68. The second-order valence-corrected chi connectivity index (χ2v) is 5.52. The average Bonchev–Trinajstić information content (AvgIpc) is 2.44. The van der Waals surface area contributed by atoms with Crippen LogP contribution >= 0.6 is 12.2 Å². The van der Waals surface area contributed by atoms with Crippen molar-refractivity contribution in [1.82, 2.24) is 4.90 Å². The lowest BCUT2D eigenvalue weighted by atomic mass is 10.1. The molecule has 1 aliphatic rings. The van der Waals surface area contributed by atoms with Gasteiger partial charge in [0.1, 0.15) is 11.6 Å². The molecule has 0 saturated carbocycles. The fraction of sp³-hybridized carbons (Fsp3) is 0.727. The first-order valence-electron chi connectivity index (χ1n) is 5.22. The first-order chi connectivity index (χ1) is 7.20. The molecule has 1 atom stereocenters. The second-order valence-electron chi connectivity index (χ2n) is 4.94. The van der Waals surface area contributed by atoms with Crippen molar-refractivity contribution in [3.05, 3.63) is 0 Å². The lowest BCUT2D eigenvalue weighted by molar-refractivity contribution is -0.162. The Bertz CT molecular complexity index is 333. The van der Waals surface area contributed by atoms with Crippen molar-refractivity contribution in [2.45, 2.75) is 45.8 Å². The number of hydrogen-bond acceptors (Lipinski definition) is 4. The third kappa shape index (κ3) is 3.27. The standard InChI is InChI=1S/C11H17NO3S/c1-7(13)12-6-8(16)5-9(12)10(14)15-11(2,3)4/h9H,5-6H2,1-4H3/t9-/m0/s1. The largest absolute Gasteiger partial charge is 0.458 e. The monoisotopic (exact) mass is 243 g/mol. The van der Waals surface area contributed by atoms with Crippen molar-refractivity contribution in [2.24, 2.45) is 0 Å². The van der Waals surface area contributed by atoms with Crippen LogP contribution in [-0.4, -0.2) is 39.8 Å². The van der Waals surface area contributed by atoms with Gasteiger partial charge in [0.25, 0.3) is 0 Å². The molecule has 0 aliphatic carbocycles. The van der Waals surface area contributed by atoms with Gasteiger partial charge in [-0.3, -0.25) is 4.79 Å². The van der Waals surface area contributed by atoms with Crippen LogP contribution in [0.1, 0.15) is 34.1 Å². The van der Waals surface area contributed by atoms with Crippen LogP contribution in [0.4, 0.5) is 0 Å². The number of thiocarbonyl (C=S) groups is 1. The van der Waals surface area contributed by atoms with Crippen LogP contribution in [0.5, 0.6) is 0 Å². The fourth-order valence-electron chi connectivity index (χ4n) is 1.60. The molecular weight excluding hydrogens is 226 g/mol. The molecule has 1 amide bonds. The molecule has 0 bridgehead atoms. The predicted octanol–water partition coefficient (Wildman–Crippen LogP) is 1.32. The topological polar surface area (TPSA) is 46.6 Å². The number of carbonyl (C=O) groups excluding carboxylic acids is 2. The predicted molar refractivity (Wildman–Crippen MR) is 64.2 cm³/mol. The minimum absolute atomic E-state index is 0.143. The van der Waals surface area contributed by atoms with Crippen molar-refractivity contribution in [1.29, 1.82) is 0 Å². The van der Waals surface area contributed by atoms with Crippen LogP contribution < -0.4 is 0 Å². The van der Waals surface area contributed by atoms with Crippen LogP contribution in [-0.2, 0) is 14.3 Å². The van der Waals surface area contributed by atoms with Crippen LogP contribution in [0, 0.1) is 0 Å². The third-order valence-corrected chi connectivity index (χ3v) is 2.52. The Balaban J connectivity index is 2.75. The van der Waals surface area contributed by atoms with E-state index in [9.17, 15) is 9.59 Å². The van der Waals surface area contributed by atoms with Crippen molar-refractivity contribution in [3.8, 4) is 0 Å². The molecule has 1 heterocycles. The zero-order valence-corrected chi connectivity index (χ0v) is 10.9. The van der Waals surface area contributed by atoms with E-state index in [0.717, 1.165) is 4.86 Å². The highest BCUT2D eigenvalue weighted by Gasteiger charge is 2.37. The number of likely N-dealkylation sites (tertiary alicyclic amines) is 1. The van der Waals surface area contributed by atoms with Gasteiger partial charge in [-0.15, -0.1) is 0 Å². The smallest absolute Gasteiger partial charge is 0.329 e. The summed E-state index contributed by atoms with van der Waals surface area (Å²) in [6, 6.07) is -0.538. The second kappa shape index (κ2) is 4.49. The summed E-state index contributed by atoms with van der Waals surface area (Å²) in [5.41, 5.74) is -0.538. The van der Waals surface area contributed by atoms with Crippen molar-refractivity contribution in [3.63, 3.8) is 0 Å². The summed E-state index contributed by atoms with van der Waals surface area (Å²) >= 11 is 5.05. The van der Waals surface area contributed by atoms with Gasteiger partial charge < -0.3 is 9.64 Å². The van der Waals surface area contributed by atoms with E-state index in [-0.39, 0.29) is 11.9 Å². The number of nitrogens with zero attached hydrogens (tertiary/aromatic N) is 1. The molecule has 0 unspecified atom stereocenters. The van der Waals surface area contributed by atoms with E-state index >= 15 is 0 Å². The molecule has 90 valence electrons. The Labute approximate surface area is 101 Å². The molecule has 1 fully saturated rings. The van der Waals surface area contributed by atoms with Crippen LogP contribution in [0.25, 0.3) is 0 Å². The van der Waals surface area contributed by atoms with Crippen LogP contribution in [0.2, 0.25) is 0 Å². The molecule has 5 heteroatoms. The van der Waals surface area contributed by atoms with E-state index in [4.69, 9.17) is 17.0 Å². The Hall–Kier alpha value is -0.970. The summed E-state index contributed by atoms with van der Waals surface area (Å²) in [6.07, 6.45) is 0.434. The molecule has 0 aromatic rings. The summed E-state index contributed by atoms with van der Waals surface area (Å²) in [7, 11) is 0. The minimum Gasteiger partial charge on any atom is -0.458 e. The van der Waals surface area contributed by atoms with Crippen molar-refractivity contribution < 1.29 is 14.3 Å². The normalized spacial score (nSPS) is 21.1. The molecule has 4 nitrogen and oxygen atoms in total. The summed E-state index contributed by atoms with van der Waals surface area (Å²) in [6.45, 7) is 7.22. The number of rotatable bonds is 1. The lowest BCUT2D eigenvalue weighted by Crippen LogP contribution is -2.42. The number of amides is 1. The molecule has 0 aromatic heterocycles. The van der Waals surface area contributed by atoms with Crippen LogP contribution in [0.3, 0.4) is 0 Å². The molecule has 1 aliphatic heterocycles. The number of carbonyl (C=O) groups is 2. The highest BCUT2D eigenvalue weighted by atomic mass is 32.1. The molecular formula is C11H17NO3S. The molecule has 0 N–H and O–H groups in total. The van der Waals surface area contributed by atoms with Crippen LogP contribution in [0.15, 0.2) is 0 Å². The molecule has 1 rings (SSSR count). The average molecular weight is 243 g/mol.